The molecule has 132 valence electrons. The van der Waals surface area contributed by atoms with E-state index in [0.717, 1.165) is 45.4 Å². The van der Waals surface area contributed by atoms with Gasteiger partial charge in [0.15, 0.2) is 11.5 Å². The van der Waals surface area contributed by atoms with Crippen molar-refractivity contribution in [2.24, 2.45) is 5.73 Å². The van der Waals surface area contributed by atoms with E-state index in [9.17, 15) is 4.79 Å². The molecule has 2 aliphatic rings. The zero-order valence-corrected chi connectivity index (χ0v) is 14.3. The molecule has 6 heteroatoms. The van der Waals surface area contributed by atoms with Crippen molar-refractivity contribution in [1.82, 2.24) is 4.90 Å². The molecule has 24 heavy (non-hydrogen) atoms. The van der Waals surface area contributed by atoms with E-state index in [4.69, 9.17) is 19.9 Å². The lowest BCUT2D eigenvalue weighted by atomic mass is 9.84. The number of piperidine rings is 1. The fraction of sp³-hybridized carbons (Fsp3) is 0.611. The van der Waals surface area contributed by atoms with Gasteiger partial charge in [-0.1, -0.05) is 6.07 Å². The van der Waals surface area contributed by atoms with Gasteiger partial charge >= 0.3 is 0 Å². The van der Waals surface area contributed by atoms with Crippen LogP contribution in [-0.4, -0.2) is 56.4 Å². The van der Waals surface area contributed by atoms with E-state index in [2.05, 4.69) is 0 Å². The second-order valence-electron chi connectivity index (χ2n) is 6.40. The predicted molar refractivity (Wildman–Crippen MR) is 90.6 cm³/mol. The van der Waals surface area contributed by atoms with Crippen molar-refractivity contribution in [3.63, 3.8) is 0 Å². The van der Waals surface area contributed by atoms with Crippen LogP contribution in [0.4, 0.5) is 0 Å². The zero-order chi connectivity index (χ0) is 17.0. The Labute approximate surface area is 142 Å². The monoisotopic (exact) mass is 334 g/mol. The van der Waals surface area contributed by atoms with Crippen LogP contribution < -0.4 is 15.2 Å². The lowest BCUT2D eigenvalue weighted by Crippen LogP contribution is -2.53. The van der Waals surface area contributed by atoms with Crippen LogP contribution in [0.5, 0.6) is 11.5 Å². The lowest BCUT2D eigenvalue weighted by molar-refractivity contribution is -0.169. The Morgan fingerprint density at radius 1 is 1.33 bits per heavy atom. The maximum absolute atomic E-state index is 13.0. The van der Waals surface area contributed by atoms with E-state index in [-0.39, 0.29) is 11.5 Å². The van der Waals surface area contributed by atoms with Gasteiger partial charge in [-0.15, -0.1) is 0 Å². The van der Waals surface area contributed by atoms with E-state index in [0.29, 0.717) is 30.2 Å². The Hall–Kier alpha value is -1.79. The zero-order valence-electron chi connectivity index (χ0n) is 14.3. The molecule has 0 unspecified atom stereocenters. The highest BCUT2D eigenvalue weighted by atomic mass is 16.5. The fourth-order valence-electron chi connectivity index (χ4n) is 3.32. The fourth-order valence-corrected chi connectivity index (χ4v) is 3.32. The van der Waals surface area contributed by atoms with Crippen LogP contribution in [0.2, 0.25) is 0 Å². The molecule has 2 aliphatic heterocycles. The van der Waals surface area contributed by atoms with Gasteiger partial charge in [-0.05, 0) is 44.4 Å². The van der Waals surface area contributed by atoms with Crippen LogP contribution >= 0.6 is 0 Å². The molecule has 1 amide bonds. The summed E-state index contributed by atoms with van der Waals surface area (Å²) in [5, 5.41) is 0. The quantitative estimate of drug-likeness (QED) is 0.803. The van der Waals surface area contributed by atoms with Gasteiger partial charge in [-0.2, -0.15) is 0 Å². The summed E-state index contributed by atoms with van der Waals surface area (Å²) in [6.45, 7) is 3.31. The number of nitrogens with zero attached hydrogens (tertiary/aromatic N) is 1. The minimum absolute atomic E-state index is 0.00850. The topological polar surface area (TPSA) is 74.0 Å². The summed E-state index contributed by atoms with van der Waals surface area (Å²) in [7, 11) is 1.58. The van der Waals surface area contributed by atoms with Crippen molar-refractivity contribution < 1.29 is 19.0 Å². The molecule has 0 aromatic heterocycles. The van der Waals surface area contributed by atoms with E-state index >= 15 is 0 Å². The van der Waals surface area contributed by atoms with Crippen LogP contribution in [0, 0.1) is 0 Å². The number of para-hydroxylation sites is 1. The molecular formula is C18H26N2O4. The third-order valence-electron chi connectivity index (χ3n) is 4.95. The number of hydrogen-bond acceptors (Lipinski definition) is 5. The molecule has 2 fully saturated rings. The average molecular weight is 334 g/mol. The van der Waals surface area contributed by atoms with E-state index < -0.39 is 0 Å². The van der Waals surface area contributed by atoms with Crippen LogP contribution in [-0.2, 0) is 4.74 Å². The molecule has 2 saturated heterocycles. The number of rotatable bonds is 6. The maximum Gasteiger partial charge on any atom is 0.257 e. The van der Waals surface area contributed by atoms with Crippen LogP contribution in [0.25, 0.3) is 0 Å². The minimum Gasteiger partial charge on any atom is -0.493 e. The highest BCUT2D eigenvalue weighted by Gasteiger charge is 2.42. The first-order valence-corrected chi connectivity index (χ1v) is 8.62. The summed E-state index contributed by atoms with van der Waals surface area (Å²) in [5.41, 5.74) is 6.11. The maximum atomic E-state index is 13.0. The highest BCUT2D eigenvalue weighted by Crippen LogP contribution is 2.38. The van der Waals surface area contributed by atoms with Gasteiger partial charge in [0.05, 0.1) is 31.5 Å². The summed E-state index contributed by atoms with van der Waals surface area (Å²) >= 11 is 0. The molecule has 0 radical (unpaired) electrons. The van der Waals surface area contributed by atoms with E-state index in [1.807, 2.05) is 17.0 Å². The number of carbonyl (C=O) groups is 1. The van der Waals surface area contributed by atoms with Gasteiger partial charge in [0.25, 0.3) is 5.91 Å². The molecule has 1 aromatic carbocycles. The van der Waals surface area contributed by atoms with Crippen molar-refractivity contribution in [1.29, 1.82) is 0 Å². The SMILES string of the molecule is COc1cccc(C(=O)N2CCC3(CCO3)CC2)c1OCCCN. The summed E-state index contributed by atoms with van der Waals surface area (Å²) in [6.07, 6.45) is 3.66. The van der Waals surface area contributed by atoms with Gasteiger partial charge in [-0.3, -0.25) is 4.79 Å². The molecule has 1 aromatic rings. The van der Waals surface area contributed by atoms with Gasteiger partial charge in [0.2, 0.25) is 0 Å². The molecular weight excluding hydrogens is 308 g/mol. The van der Waals surface area contributed by atoms with Crippen molar-refractivity contribution in [3.05, 3.63) is 23.8 Å². The Balaban J connectivity index is 1.73. The first-order valence-electron chi connectivity index (χ1n) is 8.62. The Kier molecular flexibility index (Phi) is 5.26. The number of hydrogen-bond donors (Lipinski definition) is 1. The Bertz CT molecular complexity index is 576. The molecule has 2 heterocycles. The van der Waals surface area contributed by atoms with Crippen molar-refractivity contribution in [3.8, 4) is 11.5 Å². The minimum atomic E-state index is -0.00850. The molecule has 2 N–H and O–H groups in total. The summed E-state index contributed by atoms with van der Waals surface area (Å²) in [4.78, 5) is 14.9. The Morgan fingerprint density at radius 3 is 2.67 bits per heavy atom. The number of likely N-dealkylation sites (tertiary alicyclic amines) is 1. The molecule has 0 bridgehead atoms. The van der Waals surface area contributed by atoms with Gasteiger partial charge in [0.1, 0.15) is 0 Å². The van der Waals surface area contributed by atoms with Gasteiger partial charge in [0, 0.05) is 13.1 Å². The lowest BCUT2D eigenvalue weighted by Gasteiger charge is -2.47. The van der Waals surface area contributed by atoms with Gasteiger partial charge in [-0.25, -0.2) is 0 Å². The Morgan fingerprint density at radius 2 is 2.08 bits per heavy atom. The highest BCUT2D eigenvalue weighted by molar-refractivity contribution is 5.98. The number of ether oxygens (including phenoxy) is 3. The molecule has 3 rings (SSSR count). The molecule has 6 nitrogen and oxygen atoms in total. The summed E-state index contributed by atoms with van der Waals surface area (Å²) in [5.74, 6) is 1.08. The van der Waals surface area contributed by atoms with Crippen molar-refractivity contribution >= 4 is 5.91 Å². The summed E-state index contributed by atoms with van der Waals surface area (Å²) in [6, 6.07) is 5.43. The van der Waals surface area contributed by atoms with Crippen LogP contribution in [0.1, 0.15) is 36.0 Å². The van der Waals surface area contributed by atoms with E-state index in [1.54, 1.807) is 13.2 Å². The molecule has 0 saturated carbocycles. The third-order valence-corrected chi connectivity index (χ3v) is 4.95. The first-order chi connectivity index (χ1) is 11.7. The molecule has 0 atom stereocenters. The molecule has 0 aliphatic carbocycles. The number of methoxy groups -OCH3 is 1. The smallest absolute Gasteiger partial charge is 0.257 e. The van der Waals surface area contributed by atoms with Gasteiger partial charge < -0.3 is 24.8 Å². The number of nitrogens with two attached hydrogens (primary N) is 1. The second-order valence-corrected chi connectivity index (χ2v) is 6.40. The van der Waals surface area contributed by atoms with Crippen molar-refractivity contribution in [2.45, 2.75) is 31.3 Å². The van der Waals surface area contributed by atoms with Crippen LogP contribution in [0.3, 0.4) is 0 Å². The number of carbonyl (C=O) groups excluding carboxylic acids is 1. The number of benzene rings is 1. The average Bonchev–Trinajstić information content (AvgIpc) is 2.60. The largest absolute Gasteiger partial charge is 0.493 e. The summed E-state index contributed by atoms with van der Waals surface area (Å²) < 4.78 is 16.9. The van der Waals surface area contributed by atoms with Crippen LogP contribution in [0.15, 0.2) is 18.2 Å². The standard InChI is InChI=1S/C18H26N2O4/c1-22-15-5-2-4-14(16(15)23-12-3-9-19)17(21)20-10-6-18(7-11-20)8-13-24-18/h2,4-5H,3,6-13,19H2,1H3. The second kappa shape index (κ2) is 7.40. The predicted octanol–water partition coefficient (Wildman–Crippen LogP) is 1.82. The third kappa shape index (κ3) is 3.35. The number of amides is 1. The normalized spacial score (nSPS) is 19.0. The van der Waals surface area contributed by atoms with Crippen molar-refractivity contribution in [2.75, 3.05) is 40.0 Å². The first kappa shape index (κ1) is 17.0. The molecule has 1 spiro atoms. The van der Waals surface area contributed by atoms with E-state index in [1.165, 1.54) is 0 Å².